The summed E-state index contributed by atoms with van der Waals surface area (Å²) in [6.45, 7) is 1.86. The highest BCUT2D eigenvalue weighted by molar-refractivity contribution is 7.86. The van der Waals surface area contributed by atoms with Gasteiger partial charge in [-0.25, -0.2) is 0 Å². The van der Waals surface area contributed by atoms with E-state index in [1.165, 1.54) is 41.3 Å². The van der Waals surface area contributed by atoms with E-state index < -0.39 is 30.0 Å². The molecule has 0 radical (unpaired) electrons. The monoisotopic (exact) mass is 852 g/mol. The van der Waals surface area contributed by atoms with E-state index in [4.69, 9.17) is 11.6 Å². The number of halogens is 1. The quantitative estimate of drug-likeness (QED) is 0.0438. The summed E-state index contributed by atoms with van der Waals surface area (Å²) in [4.78, 5) is 29.4. The summed E-state index contributed by atoms with van der Waals surface area (Å²) in [6, 6.07) is 7.73. The van der Waals surface area contributed by atoms with Crippen LogP contribution in [-0.4, -0.2) is 155 Å². The molecule has 4 aromatic rings. The number of hydrogen-bond acceptors (Lipinski definition) is 20. The van der Waals surface area contributed by atoms with E-state index in [9.17, 15) is 46.4 Å². The van der Waals surface area contributed by atoms with Crippen LogP contribution in [0.15, 0.2) is 46.2 Å². The summed E-state index contributed by atoms with van der Waals surface area (Å²) < 4.78 is 70.6. The highest BCUT2D eigenvalue weighted by atomic mass is 35.5. The Balaban J connectivity index is 1.45. The summed E-state index contributed by atoms with van der Waals surface area (Å²) in [5.41, 5.74) is 0.122. The molecule has 2 aromatic carbocycles. The minimum Gasteiger partial charge on any atom is -0.395 e. The number of anilines is 7. The van der Waals surface area contributed by atoms with Gasteiger partial charge in [0.1, 0.15) is 9.79 Å². The molecule has 308 valence electrons. The van der Waals surface area contributed by atoms with Gasteiger partial charge in [0.25, 0.3) is 20.2 Å². The van der Waals surface area contributed by atoms with Gasteiger partial charge in [-0.05, 0) is 47.0 Å². The molecular weight excluding hydrogens is 812 g/mol. The van der Waals surface area contributed by atoms with Gasteiger partial charge in [0, 0.05) is 63.7 Å². The van der Waals surface area contributed by atoms with Crippen molar-refractivity contribution in [3.05, 3.63) is 52.8 Å². The fourth-order valence-corrected chi connectivity index (χ4v) is 7.16. The Hall–Kier alpha value is -4.89. The Morgan fingerprint density at radius 2 is 1.11 bits per heavy atom. The zero-order valence-electron chi connectivity index (χ0n) is 30.1. The first-order valence-electron chi connectivity index (χ1n) is 17.2. The van der Waals surface area contributed by atoms with E-state index in [2.05, 4.69) is 45.9 Å². The predicted molar refractivity (Wildman–Crippen MR) is 211 cm³/mol. The number of aromatic nitrogens is 6. The van der Waals surface area contributed by atoms with Crippen LogP contribution in [-0.2, 0) is 20.2 Å². The van der Waals surface area contributed by atoms with Crippen LogP contribution in [0.5, 0.6) is 0 Å². The van der Waals surface area contributed by atoms with E-state index >= 15 is 0 Å². The lowest BCUT2D eigenvalue weighted by Crippen LogP contribution is -2.44. The van der Waals surface area contributed by atoms with E-state index in [-0.39, 0.29) is 104 Å². The molecule has 1 saturated heterocycles. The molecule has 1 aliphatic rings. The molecule has 0 aliphatic carbocycles. The van der Waals surface area contributed by atoms with Crippen molar-refractivity contribution in [2.24, 2.45) is 0 Å². The normalized spacial score (nSPS) is 13.6. The minimum atomic E-state index is -4.88. The van der Waals surface area contributed by atoms with Gasteiger partial charge in [-0.15, -0.1) is 0 Å². The standard InChI is InChI=1S/C32H41ClN12O10S2/c33-27-37-28(39-30(38-27)44(11-15-46)12-16-47)35-23-5-3-21(25(19-23)56(50,51)52)1-2-22-4-6-24(20-26(22)57(53,54)55)36-29-40-31(43-9-7-34-8-10-43)42-32(41-29)45(13-17-48)14-18-49/h1-6,19-20,34,46-49H,7-18H2,(H,50,51,52)(H,53,54,55)(H,35,37,38,39)(H,36,40,41,42)/b2-1+. The van der Waals surface area contributed by atoms with Crippen LogP contribution < -0.4 is 30.7 Å². The second-order valence-corrected chi connectivity index (χ2v) is 15.2. The van der Waals surface area contributed by atoms with Gasteiger partial charge in [-0.1, -0.05) is 24.3 Å². The molecular formula is C32H41ClN12O10S2. The summed E-state index contributed by atoms with van der Waals surface area (Å²) >= 11 is 6.07. The molecule has 3 heterocycles. The first-order chi connectivity index (χ1) is 27.2. The molecule has 5 rings (SSSR count). The van der Waals surface area contributed by atoms with Gasteiger partial charge in [0.2, 0.25) is 35.0 Å². The third-order valence-corrected chi connectivity index (χ3v) is 10.2. The molecule has 0 saturated carbocycles. The fraction of sp³-hybridized carbons (Fsp3) is 0.375. The van der Waals surface area contributed by atoms with Crippen molar-refractivity contribution in [1.29, 1.82) is 0 Å². The van der Waals surface area contributed by atoms with Crippen molar-refractivity contribution in [3.8, 4) is 0 Å². The van der Waals surface area contributed by atoms with E-state index in [1.54, 1.807) is 4.90 Å². The van der Waals surface area contributed by atoms with Gasteiger partial charge >= 0.3 is 0 Å². The van der Waals surface area contributed by atoms with Crippen LogP contribution in [0, 0.1) is 0 Å². The Bertz CT molecular complexity index is 2260. The molecule has 9 N–H and O–H groups in total. The van der Waals surface area contributed by atoms with Crippen molar-refractivity contribution in [1.82, 2.24) is 35.2 Å². The van der Waals surface area contributed by atoms with Gasteiger partial charge in [-0.2, -0.15) is 46.7 Å². The number of aliphatic hydroxyl groups is 4. The number of rotatable bonds is 19. The van der Waals surface area contributed by atoms with E-state index in [1.807, 2.05) is 4.90 Å². The first-order valence-corrected chi connectivity index (χ1v) is 20.5. The maximum atomic E-state index is 12.6. The number of piperazine rings is 1. The van der Waals surface area contributed by atoms with E-state index in [0.29, 0.717) is 32.1 Å². The number of hydrogen-bond donors (Lipinski definition) is 9. The Morgan fingerprint density at radius 1 is 0.667 bits per heavy atom. The topological polar surface area (TPSA) is 313 Å². The molecule has 1 fully saturated rings. The lowest BCUT2D eigenvalue weighted by Gasteiger charge is -2.29. The maximum absolute atomic E-state index is 12.6. The summed E-state index contributed by atoms with van der Waals surface area (Å²) in [7, 11) is -9.75. The Kier molecular flexibility index (Phi) is 14.8. The highest BCUT2D eigenvalue weighted by Gasteiger charge is 2.22. The second-order valence-electron chi connectivity index (χ2n) is 12.1. The molecule has 2 aromatic heterocycles. The van der Waals surface area contributed by atoms with Crippen molar-refractivity contribution in [3.63, 3.8) is 0 Å². The molecule has 0 unspecified atom stereocenters. The summed E-state index contributed by atoms with van der Waals surface area (Å²) in [6.07, 6.45) is 2.45. The largest absolute Gasteiger partial charge is 0.395 e. The van der Waals surface area contributed by atoms with Gasteiger partial charge in [0.05, 0.1) is 26.4 Å². The summed E-state index contributed by atoms with van der Waals surface area (Å²) in [5, 5.41) is 46.6. The van der Waals surface area contributed by atoms with Crippen molar-refractivity contribution in [2.45, 2.75) is 9.79 Å². The van der Waals surface area contributed by atoms with Gasteiger partial charge < -0.3 is 51.1 Å². The van der Waals surface area contributed by atoms with Crippen molar-refractivity contribution in [2.75, 3.05) is 104 Å². The fourth-order valence-electron chi connectivity index (χ4n) is 5.59. The third-order valence-electron chi connectivity index (χ3n) is 8.19. The maximum Gasteiger partial charge on any atom is 0.295 e. The Morgan fingerprint density at radius 3 is 1.54 bits per heavy atom. The number of aliphatic hydroxyl groups excluding tert-OH is 4. The molecule has 1 aliphatic heterocycles. The lowest BCUT2D eigenvalue weighted by atomic mass is 10.1. The molecule has 22 nitrogen and oxygen atoms in total. The van der Waals surface area contributed by atoms with Crippen LogP contribution in [0.2, 0.25) is 5.28 Å². The van der Waals surface area contributed by atoms with E-state index in [0.717, 1.165) is 12.1 Å². The van der Waals surface area contributed by atoms with Crippen molar-refractivity contribution >= 4 is 85.1 Å². The zero-order valence-corrected chi connectivity index (χ0v) is 32.5. The SMILES string of the molecule is O=S(=O)(O)c1cc(Nc2nc(Cl)nc(N(CCO)CCO)n2)ccc1/C=C/c1ccc(Nc2nc(N(CCO)CCO)nc(N3CCNCC3)n2)cc1S(=O)(=O)O. The van der Waals surface area contributed by atoms with Crippen LogP contribution in [0.4, 0.5) is 41.1 Å². The summed E-state index contributed by atoms with van der Waals surface area (Å²) in [5.74, 6) is 0.364. The van der Waals surface area contributed by atoms with Crippen LogP contribution in [0.3, 0.4) is 0 Å². The molecule has 0 spiro atoms. The van der Waals surface area contributed by atoms with Crippen LogP contribution in [0.1, 0.15) is 11.1 Å². The van der Waals surface area contributed by atoms with Crippen molar-refractivity contribution < 1.29 is 46.4 Å². The zero-order chi connectivity index (χ0) is 41.2. The third kappa shape index (κ3) is 11.8. The highest BCUT2D eigenvalue weighted by Crippen LogP contribution is 2.29. The van der Waals surface area contributed by atoms with Gasteiger partial charge in [0.15, 0.2) is 0 Å². The number of nitrogens with zero attached hydrogens (tertiary/aromatic N) is 9. The molecule has 0 bridgehead atoms. The minimum absolute atomic E-state index is 0.00814. The van der Waals surface area contributed by atoms with Gasteiger partial charge in [-0.3, -0.25) is 9.11 Å². The molecule has 25 heteroatoms. The second kappa shape index (κ2) is 19.5. The smallest absolute Gasteiger partial charge is 0.295 e. The predicted octanol–water partition coefficient (Wildman–Crippen LogP) is -0.147. The lowest BCUT2D eigenvalue weighted by molar-refractivity contribution is 0.279. The first kappa shape index (κ1) is 43.2. The number of nitrogens with one attached hydrogen (secondary N) is 3. The average Bonchev–Trinajstić information content (AvgIpc) is 3.17. The Labute approximate surface area is 332 Å². The average molecular weight is 853 g/mol. The van der Waals surface area contributed by atoms with Crippen LogP contribution in [0.25, 0.3) is 12.2 Å². The molecule has 57 heavy (non-hydrogen) atoms. The molecule has 0 amide bonds. The molecule has 0 atom stereocenters. The number of benzene rings is 2. The van der Waals surface area contributed by atoms with Crippen LogP contribution >= 0.6 is 11.6 Å².